The van der Waals surface area contributed by atoms with Gasteiger partial charge in [-0.1, -0.05) is 35.3 Å². The fraction of sp³-hybridized carbons (Fsp3) is 0.316. The molecule has 1 heterocycles. The Kier molecular flexibility index (Phi) is 6.97. The van der Waals surface area contributed by atoms with Crippen molar-refractivity contribution >= 4 is 50.5 Å². The van der Waals surface area contributed by atoms with Crippen LogP contribution in [-0.2, 0) is 20.6 Å². The van der Waals surface area contributed by atoms with Crippen molar-refractivity contribution in [2.45, 2.75) is 18.6 Å². The van der Waals surface area contributed by atoms with Gasteiger partial charge in [-0.05, 0) is 36.6 Å². The third-order valence-electron chi connectivity index (χ3n) is 4.81. The van der Waals surface area contributed by atoms with E-state index in [2.05, 4.69) is 5.32 Å². The Labute approximate surface area is 184 Å². The van der Waals surface area contributed by atoms with Gasteiger partial charge >= 0.3 is 0 Å². The van der Waals surface area contributed by atoms with Gasteiger partial charge < -0.3 is 5.32 Å². The standard InChI is InChI=1S/C19H19Cl2N3O5S/c20-17-7-6-13(9-18(17)21)12-30(28,29)23-8-2-3-14(11-23)19(25)22-15-4-1-5-16(10-15)24(26)27/h1,4-7,9-10,14H,2-3,8,11-12H2,(H,22,25). The fourth-order valence-corrected chi connectivity index (χ4v) is 5.20. The van der Waals surface area contributed by atoms with E-state index in [0.717, 1.165) is 0 Å². The summed E-state index contributed by atoms with van der Waals surface area (Å²) in [6.45, 7) is 0.370. The third-order valence-corrected chi connectivity index (χ3v) is 7.36. The Morgan fingerprint density at radius 1 is 1.20 bits per heavy atom. The summed E-state index contributed by atoms with van der Waals surface area (Å²) in [4.78, 5) is 23.0. The number of carbonyl (C=O) groups excluding carboxylic acids is 1. The first-order chi connectivity index (χ1) is 14.2. The number of nitro groups is 1. The van der Waals surface area contributed by atoms with Gasteiger partial charge in [0.25, 0.3) is 5.69 Å². The first-order valence-corrected chi connectivity index (χ1v) is 11.5. The number of nitrogens with one attached hydrogen (secondary N) is 1. The highest BCUT2D eigenvalue weighted by molar-refractivity contribution is 7.88. The molecule has 0 aromatic heterocycles. The lowest BCUT2D eigenvalue weighted by Crippen LogP contribution is -2.44. The Morgan fingerprint density at radius 2 is 1.97 bits per heavy atom. The van der Waals surface area contributed by atoms with E-state index in [1.807, 2.05) is 0 Å². The molecular weight excluding hydrogens is 453 g/mol. The predicted molar refractivity (Wildman–Crippen MR) is 115 cm³/mol. The summed E-state index contributed by atoms with van der Waals surface area (Å²) in [5, 5.41) is 14.1. The number of halogens is 2. The highest BCUT2D eigenvalue weighted by Crippen LogP contribution is 2.27. The zero-order chi connectivity index (χ0) is 21.9. The molecule has 1 aliphatic heterocycles. The zero-order valence-corrected chi connectivity index (χ0v) is 18.1. The van der Waals surface area contributed by atoms with Crippen LogP contribution in [0.25, 0.3) is 0 Å². The average Bonchev–Trinajstić information content (AvgIpc) is 2.71. The van der Waals surface area contributed by atoms with Crippen molar-refractivity contribution in [3.63, 3.8) is 0 Å². The van der Waals surface area contributed by atoms with Gasteiger partial charge in [0.2, 0.25) is 15.9 Å². The van der Waals surface area contributed by atoms with Crippen molar-refractivity contribution in [2.75, 3.05) is 18.4 Å². The lowest BCUT2D eigenvalue weighted by molar-refractivity contribution is -0.384. The highest BCUT2D eigenvalue weighted by atomic mass is 35.5. The van der Waals surface area contributed by atoms with Gasteiger partial charge in [0.15, 0.2) is 0 Å². The Bertz CT molecular complexity index is 1080. The lowest BCUT2D eigenvalue weighted by atomic mass is 9.98. The summed E-state index contributed by atoms with van der Waals surface area (Å²) in [5.74, 6) is -1.17. The number of hydrogen-bond donors (Lipinski definition) is 1. The molecule has 160 valence electrons. The second kappa shape index (κ2) is 9.30. The van der Waals surface area contributed by atoms with E-state index in [-0.39, 0.29) is 28.9 Å². The highest BCUT2D eigenvalue weighted by Gasteiger charge is 2.32. The number of benzene rings is 2. The number of carbonyl (C=O) groups is 1. The molecule has 3 rings (SSSR count). The first kappa shape index (κ1) is 22.5. The summed E-state index contributed by atoms with van der Waals surface area (Å²) in [5.41, 5.74) is 0.667. The van der Waals surface area contributed by atoms with E-state index in [1.54, 1.807) is 18.2 Å². The van der Waals surface area contributed by atoms with Crippen molar-refractivity contribution in [1.82, 2.24) is 4.31 Å². The Balaban J connectivity index is 1.67. The van der Waals surface area contributed by atoms with Gasteiger partial charge in [-0.3, -0.25) is 14.9 Å². The van der Waals surface area contributed by atoms with Crippen LogP contribution in [-0.4, -0.2) is 36.6 Å². The molecule has 0 aliphatic carbocycles. The number of hydrogen-bond acceptors (Lipinski definition) is 5. The van der Waals surface area contributed by atoms with Crippen molar-refractivity contribution in [3.05, 3.63) is 68.2 Å². The van der Waals surface area contributed by atoms with Gasteiger partial charge in [0.1, 0.15) is 0 Å². The molecule has 1 N–H and O–H groups in total. The largest absolute Gasteiger partial charge is 0.326 e. The maximum Gasteiger partial charge on any atom is 0.271 e. The van der Waals surface area contributed by atoms with E-state index in [0.29, 0.717) is 35.7 Å². The number of amides is 1. The van der Waals surface area contributed by atoms with Crippen LogP contribution in [0.4, 0.5) is 11.4 Å². The molecule has 2 aromatic rings. The topological polar surface area (TPSA) is 110 Å². The molecule has 1 unspecified atom stereocenters. The van der Waals surface area contributed by atoms with Crippen LogP contribution in [0.15, 0.2) is 42.5 Å². The van der Waals surface area contributed by atoms with Crippen LogP contribution in [0.5, 0.6) is 0 Å². The molecule has 11 heteroatoms. The number of anilines is 1. The number of sulfonamides is 1. The number of nitrogens with zero attached hydrogens (tertiary/aromatic N) is 2. The van der Waals surface area contributed by atoms with Crippen LogP contribution in [0.1, 0.15) is 18.4 Å². The Morgan fingerprint density at radius 3 is 2.67 bits per heavy atom. The van der Waals surface area contributed by atoms with E-state index < -0.39 is 20.9 Å². The minimum atomic E-state index is -3.66. The molecule has 0 bridgehead atoms. The smallest absolute Gasteiger partial charge is 0.271 e. The van der Waals surface area contributed by atoms with Crippen LogP contribution >= 0.6 is 23.2 Å². The van der Waals surface area contributed by atoms with E-state index in [1.165, 1.54) is 28.6 Å². The van der Waals surface area contributed by atoms with Gasteiger partial charge in [-0.2, -0.15) is 0 Å². The maximum absolute atomic E-state index is 12.8. The quantitative estimate of drug-likeness (QED) is 0.503. The van der Waals surface area contributed by atoms with Crippen LogP contribution < -0.4 is 5.32 Å². The number of nitro benzene ring substituents is 1. The third kappa shape index (κ3) is 5.48. The monoisotopic (exact) mass is 471 g/mol. The second-order valence-corrected chi connectivity index (χ2v) is 9.78. The average molecular weight is 472 g/mol. The van der Waals surface area contributed by atoms with Crippen LogP contribution in [0.3, 0.4) is 0 Å². The predicted octanol–water partition coefficient (Wildman–Crippen LogP) is 4.08. The molecule has 0 saturated carbocycles. The fourth-order valence-electron chi connectivity index (χ4n) is 3.28. The van der Waals surface area contributed by atoms with Gasteiger partial charge in [-0.25, -0.2) is 12.7 Å². The molecule has 1 amide bonds. The maximum atomic E-state index is 12.8. The molecule has 1 saturated heterocycles. The molecular formula is C19H19Cl2N3O5S. The molecule has 1 fully saturated rings. The summed E-state index contributed by atoms with van der Waals surface area (Å²) in [6, 6.07) is 10.3. The normalized spacial score (nSPS) is 17.5. The van der Waals surface area contributed by atoms with E-state index in [9.17, 15) is 23.3 Å². The molecule has 0 spiro atoms. The number of piperidine rings is 1. The molecule has 0 radical (unpaired) electrons. The molecule has 8 nitrogen and oxygen atoms in total. The molecule has 1 atom stereocenters. The summed E-state index contributed by atoms with van der Waals surface area (Å²) < 4.78 is 27.0. The van der Waals surface area contributed by atoms with Gasteiger partial charge in [0.05, 0.1) is 26.6 Å². The molecule has 2 aromatic carbocycles. The summed E-state index contributed by atoms with van der Waals surface area (Å²) in [7, 11) is -3.66. The summed E-state index contributed by atoms with van der Waals surface area (Å²) in [6.07, 6.45) is 1.06. The number of non-ortho nitro benzene ring substituents is 1. The van der Waals surface area contributed by atoms with Crippen molar-refractivity contribution < 1.29 is 18.1 Å². The minimum absolute atomic E-state index is 0.0460. The zero-order valence-electron chi connectivity index (χ0n) is 15.8. The van der Waals surface area contributed by atoms with Crippen LogP contribution in [0, 0.1) is 16.0 Å². The molecule has 30 heavy (non-hydrogen) atoms. The lowest BCUT2D eigenvalue weighted by Gasteiger charge is -2.31. The second-order valence-electron chi connectivity index (χ2n) is 7.00. The first-order valence-electron chi connectivity index (χ1n) is 9.13. The van der Waals surface area contributed by atoms with E-state index >= 15 is 0 Å². The SMILES string of the molecule is O=C(Nc1cccc([N+](=O)[O-])c1)C1CCCN(S(=O)(=O)Cc2ccc(Cl)c(Cl)c2)C1. The minimum Gasteiger partial charge on any atom is -0.326 e. The van der Waals surface area contributed by atoms with Gasteiger partial charge in [0, 0.05) is 30.9 Å². The number of rotatable bonds is 6. The van der Waals surface area contributed by atoms with E-state index in [4.69, 9.17) is 23.2 Å². The Hall–Kier alpha value is -2.20. The van der Waals surface area contributed by atoms with Crippen molar-refractivity contribution in [3.8, 4) is 0 Å². The van der Waals surface area contributed by atoms with Crippen molar-refractivity contribution in [1.29, 1.82) is 0 Å². The molecule has 1 aliphatic rings. The van der Waals surface area contributed by atoms with Gasteiger partial charge in [-0.15, -0.1) is 0 Å². The van der Waals surface area contributed by atoms with Crippen LogP contribution in [0.2, 0.25) is 10.0 Å². The summed E-state index contributed by atoms with van der Waals surface area (Å²) >= 11 is 11.8. The van der Waals surface area contributed by atoms with Crippen molar-refractivity contribution in [2.24, 2.45) is 5.92 Å².